The number of benzene rings is 2. The van der Waals surface area contributed by atoms with E-state index in [0.717, 1.165) is 9.54 Å². The third-order valence-electron chi connectivity index (χ3n) is 5.25. The van der Waals surface area contributed by atoms with Crippen LogP contribution in [-0.4, -0.2) is 50.7 Å². The van der Waals surface area contributed by atoms with Gasteiger partial charge in [-0.05, 0) is 39.0 Å². The smallest absolute Gasteiger partial charge is 0.269 e. The van der Waals surface area contributed by atoms with Crippen LogP contribution in [0.5, 0.6) is 5.75 Å². The molecular weight excluding hydrogens is 459 g/mol. The fourth-order valence-electron chi connectivity index (χ4n) is 3.33. The van der Waals surface area contributed by atoms with Crippen molar-refractivity contribution >= 4 is 33.8 Å². The van der Waals surface area contributed by atoms with Crippen molar-refractivity contribution in [3.63, 3.8) is 0 Å². The quantitative estimate of drug-likeness (QED) is 0.398. The average molecular weight is 487 g/mol. The Morgan fingerprint density at radius 2 is 1.76 bits per heavy atom. The number of hydrogen-bond donors (Lipinski definition) is 1. The summed E-state index contributed by atoms with van der Waals surface area (Å²) in [4.78, 5) is 19.2. The number of anilines is 1. The number of aryl methyl sites for hydroxylation is 1. The van der Waals surface area contributed by atoms with E-state index in [2.05, 4.69) is 10.3 Å². The monoisotopic (exact) mass is 486 g/mol. The summed E-state index contributed by atoms with van der Waals surface area (Å²) in [5, 5.41) is 2.70. The number of carbonyl (C=O) groups is 1. The number of halogens is 1. The Balaban J connectivity index is 2.11. The number of aromatic nitrogens is 1. The Kier molecular flexibility index (Phi) is 7.11. The standard InChI is InChI=1S/C24H27FN4O4S/c1-15-7-9-18(10-8-15)34(31,32)29-12-11-19(23(29)26-14-28(4)5)24(30)27-22-16(2)20(25)13-21(33-6)17(22)3/h7-14H,1-6H3,(H,27,30). The summed E-state index contributed by atoms with van der Waals surface area (Å²) in [5.41, 5.74) is 1.94. The molecule has 8 nitrogen and oxygen atoms in total. The fourth-order valence-corrected chi connectivity index (χ4v) is 4.63. The van der Waals surface area contributed by atoms with Gasteiger partial charge in [0.2, 0.25) is 0 Å². The van der Waals surface area contributed by atoms with E-state index in [4.69, 9.17) is 4.74 Å². The van der Waals surface area contributed by atoms with Crippen LogP contribution in [0, 0.1) is 26.6 Å². The topological polar surface area (TPSA) is 93.0 Å². The lowest BCUT2D eigenvalue weighted by Gasteiger charge is -2.16. The summed E-state index contributed by atoms with van der Waals surface area (Å²) in [7, 11) is 0.818. The van der Waals surface area contributed by atoms with Crippen molar-refractivity contribution in [1.82, 2.24) is 8.87 Å². The molecule has 0 aliphatic carbocycles. The van der Waals surface area contributed by atoms with Crippen LogP contribution in [0.2, 0.25) is 0 Å². The van der Waals surface area contributed by atoms with Crippen molar-refractivity contribution in [1.29, 1.82) is 0 Å². The van der Waals surface area contributed by atoms with Crippen LogP contribution in [-0.2, 0) is 10.0 Å². The van der Waals surface area contributed by atoms with Crippen LogP contribution >= 0.6 is 0 Å². The molecule has 1 heterocycles. The summed E-state index contributed by atoms with van der Waals surface area (Å²) < 4.78 is 47.2. The van der Waals surface area contributed by atoms with Gasteiger partial charge in [-0.2, -0.15) is 0 Å². The summed E-state index contributed by atoms with van der Waals surface area (Å²) in [5.74, 6) is -0.972. The van der Waals surface area contributed by atoms with Crippen LogP contribution in [0.4, 0.5) is 15.9 Å². The van der Waals surface area contributed by atoms with Crippen LogP contribution in [0.3, 0.4) is 0 Å². The van der Waals surface area contributed by atoms with Gasteiger partial charge in [0.15, 0.2) is 5.82 Å². The van der Waals surface area contributed by atoms with E-state index in [1.807, 2.05) is 6.92 Å². The molecular formula is C24H27FN4O4S. The van der Waals surface area contributed by atoms with Crippen LogP contribution in [0.15, 0.2) is 52.5 Å². The Morgan fingerprint density at radius 1 is 1.12 bits per heavy atom. The maximum Gasteiger partial charge on any atom is 0.269 e. The second-order valence-electron chi connectivity index (χ2n) is 8.01. The zero-order chi connectivity index (χ0) is 25.2. The van der Waals surface area contributed by atoms with Crippen molar-refractivity contribution in [2.45, 2.75) is 25.7 Å². The summed E-state index contributed by atoms with van der Waals surface area (Å²) in [6.45, 7) is 5.08. The molecule has 0 spiro atoms. The molecule has 10 heteroatoms. The summed E-state index contributed by atoms with van der Waals surface area (Å²) in [6, 6.07) is 8.98. The lowest BCUT2D eigenvalue weighted by atomic mass is 10.1. The molecule has 3 rings (SSSR count). The number of amides is 1. The van der Waals surface area contributed by atoms with Crippen LogP contribution < -0.4 is 10.1 Å². The molecule has 0 atom stereocenters. The lowest BCUT2D eigenvalue weighted by molar-refractivity contribution is 0.102. The van der Waals surface area contributed by atoms with E-state index in [1.54, 1.807) is 38.1 Å². The van der Waals surface area contributed by atoms with E-state index in [1.165, 1.54) is 50.8 Å². The van der Waals surface area contributed by atoms with Crippen molar-refractivity contribution in [3.05, 3.63) is 70.7 Å². The Labute approximate surface area is 198 Å². The molecule has 1 amide bonds. The molecule has 1 N–H and O–H groups in total. The number of nitrogens with zero attached hydrogens (tertiary/aromatic N) is 3. The first-order chi connectivity index (χ1) is 16.0. The molecule has 0 aliphatic heterocycles. The largest absolute Gasteiger partial charge is 0.496 e. The molecule has 3 aromatic rings. The number of ether oxygens (including phenoxy) is 1. The van der Waals surface area contributed by atoms with Crippen molar-refractivity contribution < 1.29 is 22.3 Å². The molecule has 0 saturated heterocycles. The van der Waals surface area contributed by atoms with Gasteiger partial charge in [0.1, 0.15) is 11.6 Å². The first-order valence-electron chi connectivity index (χ1n) is 10.4. The molecule has 0 saturated carbocycles. The highest BCUT2D eigenvalue weighted by Crippen LogP contribution is 2.33. The number of carbonyl (C=O) groups excluding carboxylic acids is 1. The molecule has 2 aromatic carbocycles. The van der Waals surface area contributed by atoms with E-state index >= 15 is 0 Å². The lowest BCUT2D eigenvalue weighted by Crippen LogP contribution is -2.17. The minimum Gasteiger partial charge on any atom is -0.496 e. The predicted molar refractivity (Wildman–Crippen MR) is 130 cm³/mol. The van der Waals surface area contributed by atoms with Crippen LogP contribution in [0.25, 0.3) is 0 Å². The Morgan fingerprint density at radius 3 is 2.35 bits per heavy atom. The number of aliphatic imine (C=N–C) groups is 1. The van der Waals surface area contributed by atoms with Gasteiger partial charge in [0.25, 0.3) is 15.9 Å². The minimum absolute atomic E-state index is 0.0100. The van der Waals surface area contributed by atoms with Gasteiger partial charge in [-0.25, -0.2) is 21.8 Å². The summed E-state index contributed by atoms with van der Waals surface area (Å²) in [6.07, 6.45) is 2.67. The highest BCUT2D eigenvalue weighted by molar-refractivity contribution is 7.90. The molecule has 0 fully saturated rings. The van der Waals surface area contributed by atoms with Gasteiger partial charge in [0, 0.05) is 37.5 Å². The first kappa shape index (κ1) is 25.0. The number of hydrogen-bond acceptors (Lipinski definition) is 5. The highest BCUT2D eigenvalue weighted by Gasteiger charge is 2.26. The molecule has 34 heavy (non-hydrogen) atoms. The number of rotatable bonds is 7. The third-order valence-corrected chi connectivity index (χ3v) is 6.93. The van der Waals surface area contributed by atoms with E-state index in [9.17, 15) is 17.6 Å². The van der Waals surface area contributed by atoms with Crippen LogP contribution in [0.1, 0.15) is 27.0 Å². The maximum atomic E-state index is 14.4. The second kappa shape index (κ2) is 9.68. The maximum absolute atomic E-state index is 14.4. The van der Waals surface area contributed by atoms with Crippen molar-refractivity contribution in [2.24, 2.45) is 4.99 Å². The molecule has 0 aliphatic rings. The van der Waals surface area contributed by atoms with E-state index < -0.39 is 21.7 Å². The zero-order valence-electron chi connectivity index (χ0n) is 19.9. The van der Waals surface area contributed by atoms with Gasteiger partial charge in [-0.3, -0.25) is 4.79 Å². The van der Waals surface area contributed by atoms with Gasteiger partial charge in [0.05, 0.1) is 29.6 Å². The minimum atomic E-state index is -4.03. The van der Waals surface area contributed by atoms with Gasteiger partial charge < -0.3 is 15.0 Å². The van der Waals surface area contributed by atoms with E-state index in [0.29, 0.717) is 5.56 Å². The highest BCUT2D eigenvalue weighted by atomic mass is 32.2. The predicted octanol–water partition coefficient (Wildman–Crippen LogP) is 4.27. The van der Waals surface area contributed by atoms with Gasteiger partial charge in [-0.15, -0.1) is 0 Å². The van der Waals surface area contributed by atoms with Gasteiger partial charge in [-0.1, -0.05) is 17.7 Å². The first-order valence-corrected chi connectivity index (χ1v) is 11.8. The number of methoxy groups -OCH3 is 1. The summed E-state index contributed by atoms with van der Waals surface area (Å²) >= 11 is 0. The molecule has 180 valence electrons. The van der Waals surface area contributed by atoms with Gasteiger partial charge >= 0.3 is 0 Å². The Bertz CT molecular complexity index is 1360. The van der Waals surface area contributed by atoms with Crippen molar-refractivity contribution in [3.8, 4) is 5.75 Å². The molecule has 0 radical (unpaired) electrons. The Hall–Kier alpha value is -3.66. The molecule has 1 aromatic heterocycles. The average Bonchev–Trinajstić information content (AvgIpc) is 3.23. The number of nitrogens with one attached hydrogen (secondary N) is 1. The normalized spacial score (nSPS) is 11.6. The van der Waals surface area contributed by atoms with E-state index in [-0.39, 0.29) is 33.3 Å². The third kappa shape index (κ3) is 4.81. The SMILES string of the molecule is COc1cc(F)c(C)c(NC(=O)c2ccn(S(=O)(=O)c3ccc(C)cc3)c2N=CN(C)C)c1C. The second-order valence-corrected chi connectivity index (χ2v) is 9.83. The van der Waals surface area contributed by atoms with Crippen molar-refractivity contribution in [2.75, 3.05) is 26.5 Å². The zero-order valence-corrected chi connectivity index (χ0v) is 20.7. The molecule has 0 unspecified atom stereocenters. The fraction of sp³-hybridized carbons (Fsp3) is 0.250. The molecule has 0 bridgehead atoms.